The Morgan fingerprint density at radius 3 is 1.96 bits per heavy atom. The summed E-state index contributed by atoms with van der Waals surface area (Å²) in [6, 6.07) is 10.3. The molecular formula is C17H18F3NO2S. The molecule has 2 aromatic carbocycles. The fraction of sp³-hybridized carbons (Fsp3) is 0.294. The van der Waals surface area contributed by atoms with Crippen molar-refractivity contribution >= 4 is 15.7 Å². The summed E-state index contributed by atoms with van der Waals surface area (Å²) in [5.41, 5.74) is 0.274. The summed E-state index contributed by atoms with van der Waals surface area (Å²) in [4.78, 5) is 0.0647. The minimum Gasteiger partial charge on any atom is -0.280 e. The van der Waals surface area contributed by atoms with Crippen LogP contribution in [0.2, 0.25) is 0 Å². The van der Waals surface area contributed by atoms with E-state index in [0.717, 1.165) is 36.2 Å². The minimum atomic E-state index is -4.45. The molecule has 0 heterocycles. The smallest absolute Gasteiger partial charge is 0.280 e. The molecule has 2 aromatic rings. The maximum Gasteiger partial charge on any atom is 0.416 e. The third kappa shape index (κ3) is 4.74. The third-order valence-corrected chi connectivity index (χ3v) is 4.74. The van der Waals surface area contributed by atoms with Gasteiger partial charge in [-0.3, -0.25) is 4.72 Å². The standard InChI is InChI=1S/C17H18F3NO2S/c1-12(2)11-13-3-9-16(10-4-13)24(22,23)21-15-7-5-14(6-8-15)17(18,19)20/h3-10,12,21H,11H2,1-2H3. The van der Waals surface area contributed by atoms with Crippen molar-refractivity contribution < 1.29 is 21.6 Å². The molecule has 0 aromatic heterocycles. The van der Waals surface area contributed by atoms with Crippen molar-refractivity contribution in [1.82, 2.24) is 0 Å². The first-order valence-electron chi connectivity index (χ1n) is 7.37. The summed E-state index contributed by atoms with van der Waals surface area (Å²) >= 11 is 0. The second-order valence-corrected chi connectivity index (χ2v) is 7.60. The van der Waals surface area contributed by atoms with Crippen molar-refractivity contribution in [3.05, 3.63) is 59.7 Å². The van der Waals surface area contributed by atoms with Gasteiger partial charge in [-0.2, -0.15) is 13.2 Å². The fourth-order valence-electron chi connectivity index (χ4n) is 2.22. The van der Waals surface area contributed by atoms with E-state index >= 15 is 0 Å². The summed E-state index contributed by atoms with van der Waals surface area (Å²) in [5.74, 6) is 0.456. The van der Waals surface area contributed by atoms with Crippen LogP contribution in [0.25, 0.3) is 0 Å². The predicted molar refractivity (Wildman–Crippen MR) is 87.2 cm³/mol. The highest BCUT2D eigenvalue weighted by atomic mass is 32.2. The molecule has 0 radical (unpaired) electrons. The molecule has 0 spiro atoms. The molecule has 0 saturated carbocycles. The molecule has 0 amide bonds. The van der Waals surface area contributed by atoms with Gasteiger partial charge in [-0.25, -0.2) is 8.42 Å². The average molecular weight is 357 g/mol. The molecule has 0 atom stereocenters. The molecule has 0 unspecified atom stereocenters. The molecule has 24 heavy (non-hydrogen) atoms. The molecule has 7 heteroatoms. The van der Waals surface area contributed by atoms with Gasteiger partial charge < -0.3 is 0 Å². The number of anilines is 1. The van der Waals surface area contributed by atoms with E-state index in [1.165, 1.54) is 12.1 Å². The zero-order valence-corrected chi connectivity index (χ0v) is 14.1. The quantitative estimate of drug-likeness (QED) is 0.843. The fourth-order valence-corrected chi connectivity index (χ4v) is 3.28. The van der Waals surface area contributed by atoms with Gasteiger partial charge in [-0.05, 0) is 54.3 Å². The number of hydrogen-bond donors (Lipinski definition) is 1. The topological polar surface area (TPSA) is 46.2 Å². The Labute approximate surface area is 139 Å². The van der Waals surface area contributed by atoms with Gasteiger partial charge >= 0.3 is 6.18 Å². The number of sulfonamides is 1. The molecule has 1 N–H and O–H groups in total. The van der Waals surface area contributed by atoms with Crippen LogP contribution in [0.1, 0.15) is 25.0 Å². The zero-order valence-electron chi connectivity index (χ0n) is 13.3. The summed E-state index contributed by atoms with van der Waals surface area (Å²) in [6.45, 7) is 4.13. The molecule has 3 nitrogen and oxygen atoms in total. The second kappa shape index (κ2) is 6.84. The van der Waals surface area contributed by atoms with Crippen molar-refractivity contribution in [2.24, 2.45) is 5.92 Å². The van der Waals surface area contributed by atoms with Gasteiger partial charge in [-0.15, -0.1) is 0 Å². The van der Waals surface area contributed by atoms with E-state index < -0.39 is 21.8 Å². The van der Waals surface area contributed by atoms with Crippen molar-refractivity contribution in [3.8, 4) is 0 Å². The Hall–Kier alpha value is -2.02. The molecule has 0 bridgehead atoms. The monoisotopic (exact) mass is 357 g/mol. The van der Waals surface area contributed by atoms with E-state index in [9.17, 15) is 21.6 Å². The number of rotatable bonds is 5. The highest BCUT2D eigenvalue weighted by Gasteiger charge is 2.30. The Balaban J connectivity index is 2.16. The number of alkyl halides is 3. The number of benzene rings is 2. The van der Waals surface area contributed by atoms with Crippen molar-refractivity contribution in [2.45, 2.75) is 31.3 Å². The first-order chi connectivity index (χ1) is 11.1. The molecular weight excluding hydrogens is 339 g/mol. The van der Waals surface area contributed by atoms with Gasteiger partial charge in [0.15, 0.2) is 0 Å². The van der Waals surface area contributed by atoms with E-state index in [-0.39, 0.29) is 10.6 Å². The summed E-state index contributed by atoms with van der Waals surface area (Å²) in [6.07, 6.45) is -3.61. The van der Waals surface area contributed by atoms with E-state index in [0.29, 0.717) is 5.92 Å². The second-order valence-electron chi connectivity index (χ2n) is 5.92. The SMILES string of the molecule is CC(C)Cc1ccc(S(=O)(=O)Nc2ccc(C(F)(F)F)cc2)cc1. The van der Waals surface area contributed by atoms with Crippen LogP contribution < -0.4 is 4.72 Å². The number of hydrogen-bond acceptors (Lipinski definition) is 2. The van der Waals surface area contributed by atoms with Gasteiger partial charge in [0, 0.05) is 5.69 Å². The van der Waals surface area contributed by atoms with E-state index in [1.54, 1.807) is 12.1 Å². The van der Waals surface area contributed by atoms with E-state index in [1.807, 2.05) is 0 Å². The van der Waals surface area contributed by atoms with Gasteiger partial charge in [0.2, 0.25) is 0 Å². The van der Waals surface area contributed by atoms with Crippen LogP contribution in [0, 0.1) is 5.92 Å². The molecule has 0 saturated heterocycles. The predicted octanol–water partition coefficient (Wildman–Crippen LogP) is 4.70. The number of nitrogens with one attached hydrogen (secondary N) is 1. The van der Waals surface area contributed by atoms with Crippen LogP contribution in [0.4, 0.5) is 18.9 Å². The summed E-state index contributed by atoms with van der Waals surface area (Å²) < 4.78 is 64.4. The zero-order chi connectivity index (χ0) is 18.0. The first-order valence-corrected chi connectivity index (χ1v) is 8.85. The summed E-state index contributed by atoms with van der Waals surface area (Å²) in [7, 11) is -3.84. The largest absolute Gasteiger partial charge is 0.416 e. The summed E-state index contributed by atoms with van der Waals surface area (Å²) in [5, 5.41) is 0. The lowest BCUT2D eigenvalue weighted by atomic mass is 10.0. The van der Waals surface area contributed by atoms with Gasteiger partial charge in [0.25, 0.3) is 10.0 Å². The third-order valence-electron chi connectivity index (χ3n) is 3.34. The molecule has 0 aliphatic carbocycles. The van der Waals surface area contributed by atoms with Gasteiger partial charge in [0.05, 0.1) is 10.5 Å². The van der Waals surface area contributed by atoms with Crippen LogP contribution in [0.15, 0.2) is 53.4 Å². The average Bonchev–Trinajstić information content (AvgIpc) is 2.46. The Bertz CT molecular complexity index is 780. The Morgan fingerprint density at radius 1 is 0.958 bits per heavy atom. The number of halogens is 3. The Morgan fingerprint density at radius 2 is 1.50 bits per heavy atom. The lowest BCUT2D eigenvalue weighted by Gasteiger charge is -2.11. The molecule has 0 aliphatic rings. The van der Waals surface area contributed by atoms with Crippen LogP contribution >= 0.6 is 0 Å². The van der Waals surface area contributed by atoms with Crippen molar-refractivity contribution in [3.63, 3.8) is 0 Å². The maximum atomic E-state index is 12.5. The lowest BCUT2D eigenvalue weighted by molar-refractivity contribution is -0.137. The molecule has 0 fully saturated rings. The molecule has 130 valence electrons. The van der Waals surface area contributed by atoms with E-state index in [4.69, 9.17) is 0 Å². The van der Waals surface area contributed by atoms with E-state index in [2.05, 4.69) is 18.6 Å². The molecule has 0 aliphatic heterocycles. The van der Waals surface area contributed by atoms with Gasteiger partial charge in [0.1, 0.15) is 0 Å². The minimum absolute atomic E-state index is 0.0647. The first kappa shape index (κ1) is 18.3. The van der Waals surface area contributed by atoms with Crippen molar-refractivity contribution in [2.75, 3.05) is 4.72 Å². The van der Waals surface area contributed by atoms with Crippen LogP contribution in [-0.4, -0.2) is 8.42 Å². The Kier molecular flexibility index (Phi) is 5.22. The van der Waals surface area contributed by atoms with Crippen LogP contribution in [0.5, 0.6) is 0 Å². The van der Waals surface area contributed by atoms with Crippen LogP contribution in [0.3, 0.4) is 0 Å². The maximum absolute atomic E-state index is 12.5. The lowest BCUT2D eigenvalue weighted by Crippen LogP contribution is -2.13. The van der Waals surface area contributed by atoms with Crippen LogP contribution in [-0.2, 0) is 22.6 Å². The molecule has 2 rings (SSSR count). The highest BCUT2D eigenvalue weighted by Crippen LogP contribution is 2.30. The van der Waals surface area contributed by atoms with Gasteiger partial charge in [-0.1, -0.05) is 26.0 Å². The highest BCUT2D eigenvalue weighted by molar-refractivity contribution is 7.92. The normalized spacial score (nSPS) is 12.4. The van der Waals surface area contributed by atoms with Crippen molar-refractivity contribution in [1.29, 1.82) is 0 Å².